The molecule has 0 bridgehead atoms. The molecular weight excluding hydrogens is 390 g/mol. The van der Waals surface area contributed by atoms with E-state index in [-0.39, 0.29) is 21.5 Å². The first-order valence-corrected chi connectivity index (χ1v) is 10.3. The molecule has 2 aromatic rings. The minimum Gasteiger partial charge on any atom is -0.453 e. The van der Waals surface area contributed by atoms with Gasteiger partial charge in [-0.3, -0.25) is 5.32 Å². The van der Waals surface area contributed by atoms with E-state index in [0.717, 1.165) is 5.56 Å². The number of thioether (sulfide) groups is 1. The highest BCUT2D eigenvalue weighted by Crippen LogP contribution is 2.28. The van der Waals surface area contributed by atoms with E-state index in [1.165, 1.54) is 37.1 Å². The zero-order valence-corrected chi connectivity index (χ0v) is 16.6. The molecule has 0 atom stereocenters. The van der Waals surface area contributed by atoms with Gasteiger partial charge in [0, 0.05) is 0 Å². The van der Waals surface area contributed by atoms with Crippen molar-refractivity contribution in [3.8, 4) is 5.75 Å². The summed E-state index contributed by atoms with van der Waals surface area (Å²) in [7, 11) is -2.81. The van der Waals surface area contributed by atoms with Crippen LogP contribution in [0.2, 0.25) is 0 Å². The second kappa shape index (κ2) is 8.78. The maximum Gasteiger partial charge on any atom is 0.412 e. The van der Waals surface area contributed by atoms with Gasteiger partial charge >= 0.3 is 16.2 Å². The standard InChI is InChI=1S/C17H19N3O5S2/c1-11-4-6-12(7-5-11)25-27(22,23)13-8-9-15(14(18)10-13)19-16(26-3)20-17(21)24-2/h4-10H,18H2,1-3H3,(H,19,20,21). The van der Waals surface area contributed by atoms with Crippen molar-refractivity contribution in [2.45, 2.75) is 11.8 Å². The van der Waals surface area contributed by atoms with E-state index >= 15 is 0 Å². The van der Waals surface area contributed by atoms with Crippen LogP contribution in [0.4, 0.5) is 16.2 Å². The van der Waals surface area contributed by atoms with Crippen molar-refractivity contribution in [2.75, 3.05) is 19.1 Å². The topological polar surface area (TPSA) is 120 Å². The Morgan fingerprint density at radius 1 is 1.19 bits per heavy atom. The van der Waals surface area contributed by atoms with Crippen LogP contribution in [0.25, 0.3) is 0 Å². The Morgan fingerprint density at radius 2 is 1.85 bits per heavy atom. The molecular formula is C17H19N3O5S2. The van der Waals surface area contributed by atoms with E-state index in [0.29, 0.717) is 5.69 Å². The quantitative estimate of drug-likeness (QED) is 0.345. The number of alkyl carbamates (subject to hydrolysis) is 1. The number of rotatable bonds is 4. The maximum atomic E-state index is 12.4. The smallest absolute Gasteiger partial charge is 0.412 e. The Hall–Kier alpha value is -2.72. The average Bonchev–Trinajstić information content (AvgIpc) is 2.64. The molecule has 2 rings (SSSR count). The summed E-state index contributed by atoms with van der Waals surface area (Å²) >= 11 is 1.17. The zero-order valence-electron chi connectivity index (χ0n) is 14.9. The first-order chi connectivity index (χ1) is 12.7. The molecule has 0 aliphatic carbocycles. The number of carbonyl (C=O) groups excluding carboxylic acids is 1. The lowest BCUT2D eigenvalue weighted by molar-refractivity contribution is 0.177. The van der Waals surface area contributed by atoms with Crippen LogP contribution in [0.1, 0.15) is 5.56 Å². The van der Waals surface area contributed by atoms with Crippen molar-refractivity contribution in [1.82, 2.24) is 5.32 Å². The molecule has 0 heterocycles. The van der Waals surface area contributed by atoms with Crippen molar-refractivity contribution in [1.29, 1.82) is 0 Å². The molecule has 8 nitrogen and oxygen atoms in total. The van der Waals surface area contributed by atoms with Gasteiger partial charge in [-0.05, 0) is 43.5 Å². The number of benzene rings is 2. The average molecular weight is 409 g/mol. The van der Waals surface area contributed by atoms with Crippen molar-refractivity contribution in [3.05, 3.63) is 48.0 Å². The number of aryl methyl sites for hydroxylation is 1. The van der Waals surface area contributed by atoms with Crippen LogP contribution in [-0.4, -0.2) is 33.0 Å². The fourth-order valence-corrected chi connectivity index (χ4v) is 3.27. The molecule has 0 aliphatic heterocycles. The van der Waals surface area contributed by atoms with E-state index in [4.69, 9.17) is 9.92 Å². The summed E-state index contributed by atoms with van der Waals surface area (Å²) in [6.45, 7) is 1.89. The number of nitrogens with one attached hydrogen (secondary N) is 1. The molecule has 1 amide bonds. The summed E-state index contributed by atoms with van der Waals surface area (Å²) in [6, 6.07) is 10.6. The lowest BCUT2D eigenvalue weighted by atomic mass is 10.2. The van der Waals surface area contributed by atoms with Gasteiger partial charge in [-0.25, -0.2) is 9.79 Å². The SMILES string of the molecule is COC(=O)NC(=Nc1ccc(S(=O)(=O)Oc2ccc(C)cc2)cc1N)SC. The van der Waals surface area contributed by atoms with Crippen LogP contribution in [0.15, 0.2) is 52.4 Å². The summed E-state index contributed by atoms with van der Waals surface area (Å²) in [4.78, 5) is 15.4. The van der Waals surface area contributed by atoms with E-state index in [9.17, 15) is 13.2 Å². The number of nitrogens with zero attached hydrogens (tertiary/aromatic N) is 1. The van der Waals surface area contributed by atoms with Crippen LogP contribution in [0.3, 0.4) is 0 Å². The molecule has 0 radical (unpaired) electrons. The Labute approximate surface area is 161 Å². The summed E-state index contributed by atoms with van der Waals surface area (Å²) in [5.41, 5.74) is 7.31. The number of nitrogen functional groups attached to an aromatic ring is 1. The number of anilines is 1. The number of carbonyl (C=O) groups is 1. The molecule has 10 heteroatoms. The lowest BCUT2D eigenvalue weighted by Gasteiger charge is -2.10. The van der Waals surface area contributed by atoms with Crippen LogP contribution in [0, 0.1) is 6.92 Å². The fraction of sp³-hybridized carbons (Fsp3) is 0.176. The number of methoxy groups -OCH3 is 1. The third-order valence-electron chi connectivity index (χ3n) is 3.32. The normalized spacial score (nSPS) is 11.7. The van der Waals surface area contributed by atoms with Crippen molar-refractivity contribution >= 4 is 44.5 Å². The molecule has 0 aromatic heterocycles. The molecule has 27 heavy (non-hydrogen) atoms. The molecule has 0 fully saturated rings. The maximum absolute atomic E-state index is 12.4. The van der Waals surface area contributed by atoms with Gasteiger partial charge in [0.25, 0.3) is 0 Å². The van der Waals surface area contributed by atoms with Gasteiger partial charge in [-0.2, -0.15) is 8.42 Å². The number of hydrogen-bond donors (Lipinski definition) is 2. The number of aliphatic imine (C=N–C) groups is 1. The molecule has 3 N–H and O–H groups in total. The Kier molecular flexibility index (Phi) is 6.70. The van der Waals surface area contributed by atoms with Crippen molar-refractivity contribution in [2.24, 2.45) is 4.99 Å². The van der Waals surface area contributed by atoms with Crippen molar-refractivity contribution in [3.63, 3.8) is 0 Å². The van der Waals surface area contributed by atoms with Crippen molar-refractivity contribution < 1.29 is 22.1 Å². The fourth-order valence-electron chi connectivity index (χ4n) is 1.93. The van der Waals surface area contributed by atoms with Gasteiger partial charge in [-0.15, -0.1) is 0 Å². The van der Waals surface area contributed by atoms with Crippen LogP contribution < -0.4 is 15.2 Å². The van der Waals surface area contributed by atoms with E-state index in [1.54, 1.807) is 30.5 Å². The summed E-state index contributed by atoms with van der Waals surface area (Å²) in [5, 5.41) is 2.68. The molecule has 0 saturated carbocycles. The monoisotopic (exact) mass is 409 g/mol. The molecule has 0 spiro atoms. The predicted molar refractivity (Wildman–Crippen MR) is 106 cm³/mol. The van der Waals surface area contributed by atoms with Crippen LogP contribution in [0.5, 0.6) is 5.75 Å². The number of amides is 1. The number of amidine groups is 1. The first-order valence-electron chi connectivity index (χ1n) is 7.63. The largest absolute Gasteiger partial charge is 0.453 e. The minimum absolute atomic E-state index is 0.105. The molecule has 0 unspecified atom stereocenters. The van der Waals surface area contributed by atoms with Gasteiger partial charge in [0.1, 0.15) is 10.6 Å². The highest BCUT2D eigenvalue weighted by Gasteiger charge is 2.18. The summed E-state index contributed by atoms with van der Waals surface area (Å²) in [6.07, 6.45) is 1.03. The number of hydrogen-bond acceptors (Lipinski definition) is 8. The highest BCUT2D eigenvalue weighted by atomic mass is 32.2. The van der Waals surface area contributed by atoms with Gasteiger partial charge in [-0.1, -0.05) is 29.5 Å². The highest BCUT2D eigenvalue weighted by molar-refractivity contribution is 8.13. The second-order valence-electron chi connectivity index (χ2n) is 5.31. The Bertz CT molecular complexity index is 957. The summed E-state index contributed by atoms with van der Waals surface area (Å²) < 4.78 is 34.5. The molecule has 144 valence electrons. The van der Waals surface area contributed by atoms with Gasteiger partial charge < -0.3 is 14.7 Å². The first kappa shape index (κ1) is 20.6. The number of ether oxygens (including phenoxy) is 1. The Morgan fingerprint density at radius 3 is 2.41 bits per heavy atom. The Balaban J connectivity index is 2.26. The van der Waals surface area contributed by atoms with E-state index in [2.05, 4.69) is 15.0 Å². The van der Waals surface area contributed by atoms with Crippen LogP contribution >= 0.6 is 11.8 Å². The second-order valence-corrected chi connectivity index (χ2v) is 7.65. The molecule has 2 aromatic carbocycles. The molecule has 0 saturated heterocycles. The zero-order chi connectivity index (χ0) is 20.0. The van der Waals surface area contributed by atoms with Gasteiger partial charge in [0.2, 0.25) is 0 Å². The molecule has 0 aliphatic rings. The van der Waals surface area contributed by atoms with E-state index in [1.807, 2.05) is 6.92 Å². The predicted octanol–water partition coefficient (Wildman–Crippen LogP) is 3.05. The van der Waals surface area contributed by atoms with E-state index < -0.39 is 16.2 Å². The van der Waals surface area contributed by atoms with Crippen LogP contribution in [-0.2, 0) is 14.9 Å². The summed E-state index contributed by atoms with van der Waals surface area (Å²) in [5.74, 6) is 0.202. The van der Waals surface area contributed by atoms with Gasteiger partial charge in [0.15, 0.2) is 5.17 Å². The van der Waals surface area contributed by atoms with Gasteiger partial charge in [0.05, 0.1) is 18.5 Å². The number of nitrogens with two attached hydrogens (primary N) is 1. The minimum atomic E-state index is -4.05. The third-order valence-corrected chi connectivity index (χ3v) is 5.15. The lowest BCUT2D eigenvalue weighted by Crippen LogP contribution is -2.27. The third kappa shape index (κ3) is 5.63.